The zero-order valence-electron chi connectivity index (χ0n) is 20.0. The molecule has 1 aromatic heterocycles. The minimum Gasteiger partial charge on any atom is -0.375 e. The topological polar surface area (TPSA) is 41.3 Å². The largest absolute Gasteiger partial charge is 0.423 e. The highest BCUT2D eigenvalue weighted by molar-refractivity contribution is 5.81. The van der Waals surface area contributed by atoms with Crippen LogP contribution in [-0.4, -0.2) is 39.1 Å². The zero-order chi connectivity index (χ0) is 26.3. The second-order valence-corrected chi connectivity index (χ2v) is 8.04. The Morgan fingerprint density at radius 1 is 0.972 bits per heavy atom. The van der Waals surface area contributed by atoms with E-state index in [1.165, 1.54) is 76.6 Å². The van der Waals surface area contributed by atoms with Crippen LogP contribution in [0.5, 0.6) is 0 Å². The van der Waals surface area contributed by atoms with Crippen molar-refractivity contribution in [2.75, 3.05) is 13.1 Å². The molecule has 0 fully saturated rings. The maximum Gasteiger partial charge on any atom is 0.423 e. The van der Waals surface area contributed by atoms with E-state index in [0.717, 1.165) is 0 Å². The van der Waals surface area contributed by atoms with Gasteiger partial charge in [-0.3, -0.25) is 0 Å². The molecule has 1 unspecified atom stereocenters. The van der Waals surface area contributed by atoms with Gasteiger partial charge >= 0.3 is 6.18 Å². The number of allylic oxidation sites excluding steroid dienone is 4. The molecule has 0 radical (unpaired) electrons. The second-order valence-electron chi connectivity index (χ2n) is 8.04. The van der Waals surface area contributed by atoms with Gasteiger partial charge in [0.15, 0.2) is 0 Å². The molecule has 1 aliphatic rings. The quantitative estimate of drug-likeness (QED) is 0.308. The molecule has 2 aromatic carbocycles. The fraction of sp³-hybridized carbons (Fsp3) is 0.296. The zero-order valence-corrected chi connectivity index (χ0v) is 20.0. The first-order valence-corrected chi connectivity index (χ1v) is 11.6. The molecule has 1 N–H and O–H groups in total. The summed E-state index contributed by atoms with van der Waals surface area (Å²) in [6.45, 7) is 3.34. The van der Waals surface area contributed by atoms with E-state index in [2.05, 4.69) is 5.10 Å². The molecule has 1 aliphatic heterocycles. The Morgan fingerprint density at radius 2 is 1.69 bits per heavy atom. The van der Waals surface area contributed by atoms with Gasteiger partial charge in [0.2, 0.25) is 5.60 Å². The van der Waals surface area contributed by atoms with Crippen LogP contribution in [0.2, 0.25) is 0 Å². The maximum absolute atomic E-state index is 14.2. The third-order valence-electron chi connectivity index (χ3n) is 5.63. The van der Waals surface area contributed by atoms with Gasteiger partial charge in [-0.15, -0.1) is 0 Å². The molecular weight excluding hydrogens is 477 g/mol. The number of halogens is 5. The van der Waals surface area contributed by atoms with Crippen molar-refractivity contribution in [1.82, 2.24) is 14.7 Å². The highest BCUT2D eigenvalue weighted by Gasteiger charge is 2.55. The SMILES string of the molecule is CC.OC(CN1/C=C\C/C(F)=C\C/C=C\C1)(c1ccc2c(cnn2-c2ccc(F)cc2)c1)C(F)(F)F. The summed E-state index contributed by atoms with van der Waals surface area (Å²) in [6, 6.07) is 9.43. The van der Waals surface area contributed by atoms with Gasteiger partial charge < -0.3 is 10.0 Å². The summed E-state index contributed by atoms with van der Waals surface area (Å²) in [4.78, 5) is 1.30. The Hall–Kier alpha value is -3.46. The van der Waals surface area contributed by atoms with Crippen LogP contribution in [0.4, 0.5) is 22.0 Å². The fourth-order valence-corrected chi connectivity index (χ4v) is 3.79. The summed E-state index contributed by atoms with van der Waals surface area (Å²) >= 11 is 0. The van der Waals surface area contributed by atoms with E-state index in [-0.39, 0.29) is 24.4 Å². The summed E-state index contributed by atoms with van der Waals surface area (Å²) < 4.78 is 71.0. The lowest BCUT2D eigenvalue weighted by atomic mass is 9.91. The van der Waals surface area contributed by atoms with Crippen LogP contribution in [0.1, 0.15) is 32.3 Å². The molecule has 3 aromatic rings. The van der Waals surface area contributed by atoms with E-state index >= 15 is 0 Å². The molecule has 4 rings (SSSR count). The molecule has 192 valence electrons. The Morgan fingerprint density at radius 3 is 2.39 bits per heavy atom. The van der Waals surface area contributed by atoms with Crippen LogP contribution >= 0.6 is 0 Å². The molecule has 1 atom stereocenters. The lowest BCUT2D eigenvalue weighted by molar-refractivity contribution is -0.269. The maximum atomic E-state index is 14.2. The monoisotopic (exact) mass is 505 g/mol. The lowest BCUT2D eigenvalue weighted by Crippen LogP contribution is -2.50. The summed E-state index contributed by atoms with van der Waals surface area (Å²) in [6.07, 6.45) is 4.20. The Labute approximate surface area is 206 Å². The van der Waals surface area contributed by atoms with Crippen molar-refractivity contribution in [2.45, 2.75) is 38.5 Å². The molecular formula is C27H28F5N3O. The summed E-state index contributed by atoms with van der Waals surface area (Å²) in [5, 5.41) is 15.5. The summed E-state index contributed by atoms with van der Waals surface area (Å²) in [7, 11) is 0. The van der Waals surface area contributed by atoms with Crippen molar-refractivity contribution >= 4 is 10.9 Å². The predicted molar refractivity (Wildman–Crippen MR) is 131 cm³/mol. The number of aromatic nitrogens is 2. The first-order chi connectivity index (χ1) is 17.2. The highest BCUT2D eigenvalue weighted by atomic mass is 19.4. The van der Waals surface area contributed by atoms with Gasteiger partial charge in [-0.05, 0) is 60.7 Å². The normalized spacial score (nSPS) is 19.4. The highest BCUT2D eigenvalue weighted by Crippen LogP contribution is 2.41. The standard InChI is InChI=1S/C25H22F5N3O.C2H6/c26-20-5-2-1-3-13-32(14-4-6-20)17-24(34,25(28,29)30)19-7-12-23-18(15-19)16-31-33(23)22-10-8-21(27)9-11-22;1-2/h1,3-5,7-12,14-16,34H,2,6,13,17H2;1-2H3/b3-1-,14-4-,20-5+;. The van der Waals surface area contributed by atoms with E-state index in [1.807, 2.05) is 13.8 Å². The van der Waals surface area contributed by atoms with Crippen LogP contribution in [0.3, 0.4) is 0 Å². The van der Waals surface area contributed by atoms with Crippen molar-refractivity contribution in [3.63, 3.8) is 0 Å². The third kappa shape index (κ3) is 6.02. The first kappa shape index (κ1) is 27.1. The number of aliphatic hydroxyl groups is 1. The molecule has 0 bridgehead atoms. The molecule has 4 nitrogen and oxygen atoms in total. The van der Waals surface area contributed by atoms with Gasteiger partial charge in [0.1, 0.15) is 11.6 Å². The van der Waals surface area contributed by atoms with Gasteiger partial charge in [0.25, 0.3) is 0 Å². The first-order valence-electron chi connectivity index (χ1n) is 11.6. The fourth-order valence-electron chi connectivity index (χ4n) is 3.79. The van der Waals surface area contributed by atoms with Gasteiger partial charge in [0, 0.05) is 18.4 Å². The smallest absolute Gasteiger partial charge is 0.375 e. The molecule has 0 amide bonds. The number of fused-ring (bicyclic) bond motifs is 1. The predicted octanol–water partition coefficient (Wildman–Crippen LogP) is 6.96. The number of alkyl halides is 3. The van der Waals surface area contributed by atoms with Crippen LogP contribution in [0, 0.1) is 5.82 Å². The van der Waals surface area contributed by atoms with Crippen LogP contribution in [0.25, 0.3) is 16.6 Å². The average molecular weight is 506 g/mol. The van der Waals surface area contributed by atoms with Crippen LogP contribution < -0.4 is 0 Å². The number of β-amino-alcohol motifs (C(OH)–C–C–N with tert-alkyl or cyclic N) is 1. The summed E-state index contributed by atoms with van der Waals surface area (Å²) in [5.74, 6) is -0.798. The minimum absolute atomic E-state index is 0.0384. The number of hydrogen-bond donors (Lipinski definition) is 1. The van der Waals surface area contributed by atoms with Gasteiger partial charge in [-0.25, -0.2) is 13.5 Å². The van der Waals surface area contributed by atoms with Crippen molar-refractivity contribution < 1.29 is 27.1 Å². The van der Waals surface area contributed by atoms with Crippen LogP contribution in [0.15, 0.2) is 85.0 Å². The molecule has 36 heavy (non-hydrogen) atoms. The van der Waals surface area contributed by atoms with E-state index in [4.69, 9.17) is 0 Å². The van der Waals surface area contributed by atoms with Crippen molar-refractivity contribution in [3.05, 3.63) is 96.4 Å². The second kappa shape index (κ2) is 11.5. The lowest BCUT2D eigenvalue weighted by Gasteiger charge is -2.35. The molecule has 0 saturated heterocycles. The molecule has 2 heterocycles. The van der Waals surface area contributed by atoms with E-state index in [9.17, 15) is 27.1 Å². The average Bonchev–Trinajstić information content (AvgIpc) is 3.28. The van der Waals surface area contributed by atoms with Crippen molar-refractivity contribution in [1.29, 1.82) is 0 Å². The van der Waals surface area contributed by atoms with Gasteiger partial charge in [-0.2, -0.15) is 18.3 Å². The number of rotatable bonds is 4. The Bertz CT molecular complexity index is 1240. The van der Waals surface area contributed by atoms with E-state index in [1.54, 1.807) is 12.2 Å². The molecule has 0 saturated carbocycles. The van der Waals surface area contributed by atoms with Crippen molar-refractivity contribution in [3.8, 4) is 5.69 Å². The summed E-state index contributed by atoms with van der Waals surface area (Å²) in [5.41, 5.74) is -2.48. The Kier molecular flexibility index (Phi) is 8.68. The van der Waals surface area contributed by atoms with Crippen LogP contribution in [-0.2, 0) is 5.60 Å². The van der Waals surface area contributed by atoms with E-state index < -0.39 is 24.1 Å². The number of hydrogen-bond acceptors (Lipinski definition) is 3. The van der Waals surface area contributed by atoms with Gasteiger partial charge in [0.05, 0.1) is 23.9 Å². The number of benzene rings is 2. The molecule has 0 spiro atoms. The van der Waals surface area contributed by atoms with E-state index in [0.29, 0.717) is 23.0 Å². The van der Waals surface area contributed by atoms with Crippen molar-refractivity contribution in [2.24, 2.45) is 0 Å². The third-order valence-corrected chi connectivity index (χ3v) is 5.63. The molecule has 0 aliphatic carbocycles. The Balaban J connectivity index is 0.00000176. The minimum atomic E-state index is -4.98. The molecule has 9 heteroatoms. The number of nitrogens with zero attached hydrogens (tertiary/aromatic N) is 3. The van der Waals surface area contributed by atoms with Gasteiger partial charge in [-0.1, -0.05) is 38.1 Å².